The highest BCUT2D eigenvalue weighted by Gasteiger charge is 2.41. The minimum Gasteiger partial charge on any atom is -0.307 e. The van der Waals surface area contributed by atoms with Gasteiger partial charge < -0.3 is 5.32 Å². The largest absolute Gasteiger partial charge is 0.393 e. The number of aryl methyl sites for hydroxylation is 2. The molecule has 1 atom stereocenters. The molecular formula is C17H22F3N3O2. The molecule has 0 spiro atoms. The molecule has 0 bridgehead atoms. The van der Waals surface area contributed by atoms with Gasteiger partial charge in [0.25, 0.3) is 0 Å². The number of carbonyl (C=O) groups excluding carboxylic acids is 2. The van der Waals surface area contributed by atoms with Crippen LogP contribution in [0.5, 0.6) is 0 Å². The van der Waals surface area contributed by atoms with Crippen LogP contribution in [-0.4, -0.2) is 42.6 Å². The van der Waals surface area contributed by atoms with Gasteiger partial charge in [-0.25, -0.2) is 4.79 Å². The predicted octanol–water partition coefficient (Wildman–Crippen LogP) is 3.23. The van der Waals surface area contributed by atoms with Crippen molar-refractivity contribution in [1.29, 1.82) is 0 Å². The molecule has 0 radical (unpaired) electrons. The number of likely N-dealkylation sites (tertiary alicyclic amines) is 1. The van der Waals surface area contributed by atoms with Crippen LogP contribution in [0.1, 0.15) is 24.0 Å². The SMILES string of the molecule is Cc1ccc(NC(=O)NC(=O)CN2CCCC(C(F)(F)F)C2)c(C)c1. The Bertz CT molecular complexity index is 647. The summed E-state index contributed by atoms with van der Waals surface area (Å²) >= 11 is 0. The molecule has 2 rings (SSSR count). The van der Waals surface area contributed by atoms with Crippen LogP contribution in [-0.2, 0) is 4.79 Å². The van der Waals surface area contributed by atoms with Gasteiger partial charge in [-0.2, -0.15) is 13.2 Å². The molecule has 1 aromatic rings. The summed E-state index contributed by atoms with van der Waals surface area (Å²) in [7, 11) is 0. The highest BCUT2D eigenvalue weighted by molar-refractivity contribution is 6.02. The first-order chi connectivity index (χ1) is 11.6. The molecule has 25 heavy (non-hydrogen) atoms. The van der Waals surface area contributed by atoms with Crippen LogP contribution in [0, 0.1) is 19.8 Å². The van der Waals surface area contributed by atoms with E-state index in [0.717, 1.165) is 11.1 Å². The van der Waals surface area contributed by atoms with Crippen molar-refractivity contribution in [3.05, 3.63) is 29.3 Å². The third kappa shape index (κ3) is 5.74. The first-order valence-electron chi connectivity index (χ1n) is 8.12. The van der Waals surface area contributed by atoms with E-state index in [2.05, 4.69) is 10.6 Å². The minimum absolute atomic E-state index is 0.0782. The fraction of sp³-hybridized carbons (Fsp3) is 0.529. The highest BCUT2D eigenvalue weighted by atomic mass is 19.4. The van der Waals surface area contributed by atoms with Crippen molar-refractivity contribution in [1.82, 2.24) is 10.2 Å². The number of benzene rings is 1. The van der Waals surface area contributed by atoms with Gasteiger partial charge in [-0.3, -0.25) is 15.0 Å². The fourth-order valence-electron chi connectivity index (χ4n) is 2.94. The Balaban J connectivity index is 1.84. The number of hydrogen-bond donors (Lipinski definition) is 2. The van der Waals surface area contributed by atoms with Gasteiger partial charge in [0.05, 0.1) is 12.5 Å². The molecule has 138 valence electrons. The van der Waals surface area contributed by atoms with Gasteiger partial charge in [0.1, 0.15) is 0 Å². The van der Waals surface area contributed by atoms with Crippen molar-refractivity contribution in [2.75, 3.05) is 25.0 Å². The van der Waals surface area contributed by atoms with Gasteiger partial charge in [0.2, 0.25) is 5.91 Å². The predicted molar refractivity (Wildman–Crippen MR) is 88.3 cm³/mol. The molecule has 0 saturated carbocycles. The molecule has 1 heterocycles. The number of halogens is 3. The highest BCUT2D eigenvalue weighted by Crippen LogP contribution is 2.32. The Labute approximate surface area is 144 Å². The Hall–Kier alpha value is -2.09. The van der Waals surface area contributed by atoms with Crippen LogP contribution in [0.2, 0.25) is 0 Å². The van der Waals surface area contributed by atoms with E-state index < -0.39 is 24.0 Å². The summed E-state index contributed by atoms with van der Waals surface area (Å²) in [6.07, 6.45) is -3.80. The first kappa shape index (κ1) is 19.2. The number of imide groups is 1. The number of anilines is 1. The Morgan fingerprint density at radius 2 is 2.00 bits per heavy atom. The lowest BCUT2D eigenvalue weighted by molar-refractivity contribution is -0.187. The van der Waals surface area contributed by atoms with Crippen LogP contribution in [0.25, 0.3) is 0 Å². The Morgan fingerprint density at radius 3 is 2.64 bits per heavy atom. The Morgan fingerprint density at radius 1 is 1.28 bits per heavy atom. The van der Waals surface area contributed by atoms with Crippen LogP contribution < -0.4 is 10.6 Å². The monoisotopic (exact) mass is 357 g/mol. The third-order valence-electron chi connectivity index (χ3n) is 4.22. The van der Waals surface area contributed by atoms with E-state index in [1.807, 2.05) is 26.0 Å². The zero-order chi connectivity index (χ0) is 18.6. The number of amides is 3. The summed E-state index contributed by atoms with van der Waals surface area (Å²) in [4.78, 5) is 25.2. The molecule has 3 amide bonds. The second-order valence-electron chi connectivity index (χ2n) is 6.44. The summed E-state index contributed by atoms with van der Waals surface area (Å²) in [5, 5.41) is 4.73. The van der Waals surface area contributed by atoms with Crippen LogP contribution in [0.15, 0.2) is 18.2 Å². The van der Waals surface area contributed by atoms with E-state index in [-0.39, 0.29) is 19.5 Å². The summed E-state index contributed by atoms with van der Waals surface area (Å²) in [5.41, 5.74) is 2.47. The van der Waals surface area contributed by atoms with Crippen molar-refractivity contribution in [3.8, 4) is 0 Å². The van der Waals surface area contributed by atoms with Crippen LogP contribution in [0.4, 0.5) is 23.7 Å². The molecule has 5 nitrogen and oxygen atoms in total. The summed E-state index contributed by atoms with van der Waals surface area (Å²) < 4.78 is 38.3. The van der Waals surface area contributed by atoms with E-state index in [1.165, 1.54) is 4.90 Å². The maximum absolute atomic E-state index is 12.8. The van der Waals surface area contributed by atoms with E-state index in [0.29, 0.717) is 18.7 Å². The normalized spacial score (nSPS) is 18.7. The topological polar surface area (TPSA) is 61.4 Å². The van der Waals surface area contributed by atoms with Crippen molar-refractivity contribution < 1.29 is 22.8 Å². The molecule has 0 aromatic heterocycles. The fourth-order valence-corrected chi connectivity index (χ4v) is 2.94. The smallest absolute Gasteiger partial charge is 0.307 e. The molecule has 1 aromatic carbocycles. The van der Waals surface area contributed by atoms with E-state index in [1.54, 1.807) is 6.07 Å². The van der Waals surface area contributed by atoms with Gasteiger partial charge in [-0.1, -0.05) is 17.7 Å². The second-order valence-corrected chi connectivity index (χ2v) is 6.44. The van der Waals surface area contributed by atoms with Gasteiger partial charge in [0, 0.05) is 12.2 Å². The molecule has 8 heteroatoms. The molecule has 1 aliphatic rings. The molecule has 1 aliphatic heterocycles. The number of piperidine rings is 1. The quantitative estimate of drug-likeness (QED) is 0.873. The van der Waals surface area contributed by atoms with Crippen LogP contribution >= 0.6 is 0 Å². The zero-order valence-electron chi connectivity index (χ0n) is 14.2. The molecule has 0 aliphatic carbocycles. The first-order valence-corrected chi connectivity index (χ1v) is 8.12. The van der Waals surface area contributed by atoms with Crippen molar-refractivity contribution in [2.24, 2.45) is 5.92 Å². The zero-order valence-corrected chi connectivity index (χ0v) is 14.2. The molecule has 1 fully saturated rings. The molecule has 1 unspecified atom stereocenters. The standard InChI is InChI=1S/C17H22F3N3O2/c1-11-5-6-14(12(2)8-11)21-16(25)22-15(24)10-23-7-3-4-13(9-23)17(18,19)20/h5-6,8,13H,3-4,7,9-10H2,1-2H3,(H2,21,22,24,25). The van der Waals surface area contributed by atoms with Crippen LogP contribution in [0.3, 0.4) is 0 Å². The maximum Gasteiger partial charge on any atom is 0.393 e. The lowest BCUT2D eigenvalue weighted by Crippen LogP contribution is -2.47. The maximum atomic E-state index is 12.8. The van der Waals surface area contributed by atoms with Crippen molar-refractivity contribution in [2.45, 2.75) is 32.9 Å². The number of nitrogens with zero attached hydrogens (tertiary/aromatic N) is 1. The van der Waals surface area contributed by atoms with Gasteiger partial charge in [0.15, 0.2) is 0 Å². The molecular weight excluding hydrogens is 335 g/mol. The second kappa shape index (κ2) is 7.86. The van der Waals surface area contributed by atoms with Gasteiger partial charge in [-0.05, 0) is 44.9 Å². The van der Waals surface area contributed by atoms with Gasteiger partial charge in [-0.15, -0.1) is 0 Å². The number of nitrogens with one attached hydrogen (secondary N) is 2. The lowest BCUT2D eigenvalue weighted by Gasteiger charge is -2.33. The minimum atomic E-state index is -4.25. The Kier molecular flexibility index (Phi) is 6.05. The molecule has 2 N–H and O–H groups in total. The summed E-state index contributed by atoms with van der Waals surface area (Å²) in [6.45, 7) is 3.73. The average Bonchev–Trinajstić information content (AvgIpc) is 2.49. The number of hydrogen-bond acceptors (Lipinski definition) is 3. The van der Waals surface area contributed by atoms with Gasteiger partial charge >= 0.3 is 12.2 Å². The number of alkyl halides is 3. The van der Waals surface area contributed by atoms with E-state index >= 15 is 0 Å². The number of carbonyl (C=O) groups is 2. The van der Waals surface area contributed by atoms with E-state index in [9.17, 15) is 22.8 Å². The third-order valence-corrected chi connectivity index (χ3v) is 4.22. The van der Waals surface area contributed by atoms with Crippen molar-refractivity contribution >= 4 is 17.6 Å². The number of rotatable bonds is 3. The molecule has 1 saturated heterocycles. The summed E-state index contributed by atoms with van der Waals surface area (Å²) in [6, 6.07) is 4.76. The van der Waals surface area contributed by atoms with E-state index in [4.69, 9.17) is 0 Å². The lowest BCUT2D eigenvalue weighted by atomic mass is 9.97. The van der Waals surface area contributed by atoms with Crippen molar-refractivity contribution in [3.63, 3.8) is 0 Å². The summed E-state index contributed by atoms with van der Waals surface area (Å²) in [5.74, 6) is -2.04. The number of urea groups is 1. The average molecular weight is 357 g/mol.